The fourth-order valence-electron chi connectivity index (χ4n) is 3.02. The van der Waals surface area contributed by atoms with Gasteiger partial charge in [0.25, 0.3) is 0 Å². The predicted octanol–water partition coefficient (Wildman–Crippen LogP) is 5.60. The number of halogens is 3. The zero-order chi connectivity index (χ0) is 18.4. The zero-order valence-electron chi connectivity index (χ0n) is 14.5. The van der Waals surface area contributed by atoms with Gasteiger partial charge in [0, 0.05) is 33.2 Å². The van der Waals surface area contributed by atoms with E-state index in [0.29, 0.717) is 16.7 Å². The molecule has 2 aromatic rings. The topological polar surface area (TPSA) is 21.7 Å². The molecule has 1 fully saturated rings. The molecule has 0 unspecified atom stereocenters. The van der Waals surface area contributed by atoms with E-state index >= 15 is 0 Å². The lowest BCUT2D eigenvalue weighted by molar-refractivity contribution is 0.0374. The van der Waals surface area contributed by atoms with Crippen molar-refractivity contribution in [2.45, 2.75) is 19.4 Å². The van der Waals surface area contributed by atoms with E-state index in [0.717, 1.165) is 61.5 Å². The fraction of sp³-hybridized carbons (Fsp3) is 0.400. The van der Waals surface area contributed by atoms with Crippen molar-refractivity contribution in [3.05, 3.63) is 62.0 Å². The highest BCUT2D eigenvalue weighted by atomic mass is 79.9. The van der Waals surface area contributed by atoms with E-state index in [-0.39, 0.29) is 0 Å². The molecule has 0 N–H and O–H groups in total. The molecule has 3 rings (SSSR count). The number of morpholine rings is 1. The summed E-state index contributed by atoms with van der Waals surface area (Å²) in [6.45, 7) is 5.15. The lowest BCUT2D eigenvalue weighted by atomic mass is 10.1. The Bertz CT molecular complexity index is 715. The highest BCUT2D eigenvalue weighted by Gasteiger charge is 2.12. The zero-order valence-corrected chi connectivity index (χ0v) is 17.6. The number of aryl methyl sites for hydroxylation is 1. The van der Waals surface area contributed by atoms with Crippen LogP contribution in [0.4, 0.5) is 0 Å². The molecular weight excluding hydrogens is 437 g/mol. The Morgan fingerprint density at radius 3 is 2.54 bits per heavy atom. The van der Waals surface area contributed by atoms with Gasteiger partial charge in [-0.3, -0.25) is 4.90 Å². The van der Waals surface area contributed by atoms with Crippen LogP contribution in [0.1, 0.15) is 17.5 Å². The molecule has 0 saturated carbocycles. The van der Waals surface area contributed by atoms with Crippen LogP contribution in [0.5, 0.6) is 5.75 Å². The smallest absolute Gasteiger partial charge is 0.123 e. The van der Waals surface area contributed by atoms with Crippen molar-refractivity contribution in [2.75, 3.05) is 32.8 Å². The molecule has 0 amide bonds. The molecule has 0 spiro atoms. The van der Waals surface area contributed by atoms with Gasteiger partial charge in [-0.15, -0.1) is 0 Å². The van der Waals surface area contributed by atoms with Crippen LogP contribution >= 0.6 is 39.1 Å². The van der Waals surface area contributed by atoms with E-state index in [4.69, 9.17) is 32.7 Å². The number of benzene rings is 2. The van der Waals surface area contributed by atoms with Crippen LogP contribution in [0.2, 0.25) is 10.0 Å². The summed E-state index contributed by atoms with van der Waals surface area (Å²) in [4.78, 5) is 2.45. The third kappa shape index (κ3) is 5.61. The van der Waals surface area contributed by atoms with Crippen LogP contribution < -0.4 is 4.74 Å². The minimum absolute atomic E-state index is 0.358. The Labute approximate surface area is 173 Å². The summed E-state index contributed by atoms with van der Waals surface area (Å²) >= 11 is 16.0. The first kappa shape index (κ1) is 20.0. The number of rotatable bonds is 7. The third-order valence-corrected chi connectivity index (χ3v) is 5.68. The third-order valence-electron chi connectivity index (χ3n) is 4.48. The Hall–Kier alpha value is -0.780. The highest BCUT2D eigenvalue weighted by Crippen LogP contribution is 2.29. The first-order chi connectivity index (χ1) is 12.6. The molecular formula is C20H22BrCl2NO2. The Balaban J connectivity index is 1.62. The summed E-state index contributed by atoms with van der Waals surface area (Å²) in [7, 11) is 0. The quantitative estimate of drug-likeness (QED) is 0.538. The van der Waals surface area contributed by atoms with Gasteiger partial charge in [-0.1, -0.05) is 45.2 Å². The molecule has 1 aliphatic rings. The average Bonchev–Trinajstić information content (AvgIpc) is 2.64. The van der Waals surface area contributed by atoms with E-state index in [2.05, 4.69) is 26.9 Å². The molecule has 1 heterocycles. The van der Waals surface area contributed by atoms with Crippen LogP contribution in [0.25, 0.3) is 0 Å². The predicted molar refractivity (Wildman–Crippen MR) is 111 cm³/mol. The van der Waals surface area contributed by atoms with E-state index in [9.17, 15) is 0 Å². The maximum Gasteiger partial charge on any atom is 0.123 e. The summed E-state index contributed by atoms with van der Waals surface area (Å²) in [5, 5.41) is 1.26. The van der Waals surface area contributed by atoms with E-state index < -0.39 is 0 Å². The minimum Gasteiger partial charge on any atom is -0.489 e. The molecule has 2 aromatic carbocycles. The van der Waals surface area contributed by atoms with Crippen LogP contribution in [0.15, 0.2) is 40.9 Å². The number of hydrogen-bond acceptors (Lipinski definition) is 3. The molecule has 1 aliphatic heterocycles. The van der Waals surface area contributed by atoms with Gasteiger partial charge in [-0.2, -0.15) is 0 Å². The maximum absolute atomic E-state index is 6.24. The second-order valence-corrected chi connectivity index (χ2v) is 8.03. The van der Waals surface area contributed by atoms with Crippen molar-refractivity contribution in [1.82, 2.24) is 4.90 Å². The summed E-state index contributed by atoms with van der Waals surface area (Å²) in [6, 6.07) is 11.6. The second kappa shape index (κ2) is 9.95. The van der Waals surface area contributed by atoms with Crippen LogP contribution in [0, 0.1) is 0 Å². The van der Waals surface area contributed by atoms with Crippen LogP contribution in [-0.4, -0.2) is 37.7 Å². The largest absolute Gasteiger partial charge is 0.489 e. The standard InChI is InChI=1S/C20H22BrCl2NO2/c21-16-6-7-20(26-14-17-18(22)4-1-5-19(17)23)15(13-16)3-2-8-24-9-11-25-12-10-24/h1,4-7,13H,2-3,8-12,14H2. The van der Waals surface area contributed by atoms with Crippen molar-refractivity contribution >= 4 is 39.1 Å². The molecule has 0 aromatic heterocycles. The fourth-order valence-corrected chi connectivity index (χ4v) is 3.94. The van der Waals surface area contributed by atoms with Gasteiger partial charge in [0.1, 0.15) is 12.4 Å². The van der Waals surface area contributed by atoms with Crippen molar-refractivity contribution in [3.63, 3.8) is 0 Å². The summed E-state index contributed by atoms with van der Waals surface area (Å²) in [6.07, 6.45) is 2.04. The molecule has 6 heteroatoms. The molecule has 3 nitrogen and oxygen atoms in total. The first-order valence-corrected chi connectivity index (χ1v) is 10.3. The van der Waals surface area contributed by atoms with Gasteiger partial charge in [-0.25, -0.2) is 0 Å². The van der Waals surface area contributed by atoms with Gasteiger partial charge in [0.15, 0.2) is 0 Å². The lowest BCUT2D eigenvalue weighted by Crippen LogP contribution is -2.36. The Morgan fingerprint density at radius 2 is 1.81 bits per heavy atom. The van der Waals surface area contributed by atoms with E-state index in [1.54, 1.807) is 0 Å². The first-order valence-electron chi connectivity index (χ1n) is 8.77. The van der Waals surface area contributed by atoms with Gasteiger partial charge >= 0.3 is 0 Å². The summed E-state index contributed by atoms with van der Waals surface area (Å²) < 4.78 is 12.5. The Kier molecular flexibility index (Phi) is 7.64. The summed E-state index contributed by atoms with van der Waals surface area (Å²) in [5.74, 6) is 0.881. The summed E-state index contributed by atoms with van der Waals surface area (Å²) in [5.41, 5.74) is 2.01. The van der Waals surface area contributed by atoms with E-state index in [1.165, 1.54) is 5.56 Å². The molecule has 26 heavy (non-hydrogen) atoms. The second-order valence-electron chi connectivity index (χ2n) is 6.30. The van der Waals surface area contributed by atoms with Gasteiger partial charge in [0.05, 0.1) is 13.2 Å². The van der Waals surface area contributed by atoms with Crippen molar-refractivity contribution in [3.8, 4) is 5.75 Å². The number of hydrogen-bond donors (Lipinski definition) is 0. The number of ether oxygens (including phenoxy) is 2. The van der Waals surface area contributed by atoms with Gasteiger partial charge in [-0.05, 0) is 55.3 Å². The van der Waals surface area contributed by atoms with Gasteiger partial charge in [0.2, 0.25) is 0 Å². The monoisotopic (exact) mass is 457 g/mol. The molecule has 0 radical (unpaired) electrons. The molecule has 140 valence electrons. The van der Waals surface area contributed by atoms with Crippen LogP contribution in [-0.2, 0) is 17.8 Å². The van der Waals surface area contributed by atoms with Crippen molar-refractivity contribution < 1.29 is 9.47 Å². The van der Waals surface area contributed by atoms with Gasteiger partial charge < -0.3 is 9.47 Å². The molecule has 0 aliphatic carbocycles. The highest BCUT2D eigenvalue weighted by molar-refractivity contribution is 9.10. The molecule has 1 saturated heterocycles. The Morgan fingerprint density at radius 1 is 1.08 bits per heavy atom. The molecule has 0 bridgehead atoms. The number of nitrogens with zero attached hydrogens (tertiary/aromatic N) is 1. The average molecular weight is 459 g/mol. The SMILES string of the molecule is Clc1cccc(Cl)c1COc1ccc(Br)cc1CCCN1CCOCC1. The van der Waals surface area contributed by atoms with Crippen molar-refractivity contribution in [2.24, 2.45) is 0 Å². The molecule has 0 atom stereocenters. The van der Waals surface area contributed by atoms with E-state index in [1.807, 2.05) is 30.3 Å². The minimum atomic E-state index is 0.358. The lowest BCUT2D eigenvalue weighted by Gasteiger charge is -2.26. The normalized spacial score (nSPS) is 15.2. The van der Waals surface area contributed by atoms with Crippen molar-refractivity contribution in [1.29, 1.82) is 0 Å². The maximum atomic E-state index is 6.24. The van der Waals surface area contributed by atoms with Crippen LogP contribution in [0.3, 0.4) is 0 Å².